The molecule has 0 aromatic heterocycles. The third kappa shape index (κ3) is 4.53. The second kappa shape index (κ2) is 5.28. The van der Waals surface area contributed by atoms with E-state index in [9.17, 15) is 17.2 Å². The minimum absolute atomic E-state index is 0.0141. The quantitative estimate of drug-likeness (QED) is 0.535. The van der Waals surface area contributed by atoms with Crippen LogP contribution in [0, 0.1) is 11.6 Å². The molecule has 0 fully saturated rings. The van der Waals surface area contributed by atoms with Crippen LogP contribution in [0.1, 0.15) is 0 Å². The fraction of sp³-hybridized carbons (Fsp3) is 0.333. The van der Waals surface area contributed by atoms with Crippen LogP contribution in [0.15, 0.2) is 12.1 Å². The summed E-state index contributed by atoms with van der Waals surface area (Å²) in [5.41, 5.74) is 4.90. The van der Waals surface area contributed by atoms with E-state index in [0.29, 0.717) is 0 Å². The van der Waals surface area contributed by atoms with Gasteiger partial charge in [-0.15, -0.1) is 0 Å². The van der Waals surface area contributed by atoms with Crippen molar-refractivity contribution in [1.29, 1.82) is 0 Å². The zero-order valence-corrected chi connectivity index (χ0v) is 9.94. The average molecular weight is 265 g/mol. The largest absolute Gasteiger partial charge is 0.399 e. The molecule has 0 saturated carbocycles. The molecule has 0 atom stereocenters. The van der Waals surface area contributed by atoms with Crippen LogP contribution in [-0.4, -0.2) is 27.8 Å². The van der Waals surface area contributed by atoms with E-state index in [0.717, 1.165) is 18.4 Å². The first-order valence-corrected chi connectivity index (χ1v) is 6.62. The molecule has 4 N–H and O–H groups in total. The number of benzene rings is 1. The monoisotopic (exact) mass is 265 g/mol. The Morgan fingerprint density at radius 3 is 2.24 bits per heavy atom. The number of hydrogen-bond acceptors (Lipinski definition) is 4. The number of nitrogen functional groups attached to an aromatic ring is 1. The van der Waals surface area contributed by atoms with E-state index < -0.39 is 21.7 Å². The number of sulfonamides is 1. The summed E-state index contributed by atoms with van der Waals surface area (Å²) in [5.74, 6) is -1.64. The molecule has 0 aliphatic carbocycles. The molecule has 5 nitrogen and oxygen atoms in total. The molecule has 0 heterocycles. The van der Waals surface area contributed by atoms with E-state index in [1.165, 1.54) is 0 Å². The summed E-state index contributed by atoms with van der Waals surface area (Å²) in [4.78, 5) is 0. The van der Waals surface area contributed by atoms with Gasteiger partial charge in [0.25, 0.3) is 0 Å². The Kier molecular flexibility index (Phi) is 4.24. The van der Waals surface area contributed by atoms with E-state index in [1.54, 1.807) is 0 Å². The summed E-state index contributed by atoms with van der Waals surface area (Å²) in [7, 11) is -3.30. The number of rotatable bonds is 5. The zero-order chi connectivity index (χ0) is 13.1. The Bertz CT molecular complexity index is 482. The SMILES string of the molecule is CS(=O)(=O)NCCNc1c(F)cc(N)cc1F. The first-order chi connectivity index (χ1) is 7.79. The molecule has 96 valence electrons. The lowest BCUT2D eigenvalue weighted by Gasteiger charge is -2.09. The lowest BCUT2D eigenvalue weighted by molar-refractivity contribution is 0.585. The van der Waals surface area contributed by atoms with Gasteiger partial charge in [0.1, 0.15) is 5.69 Å². The highest BCUT2D eigenvalue weighted by molar-refractivity contribution is 7.88. The summed E-state index contributed by atoms with van der Waals surface area (Å²) in [6.07, 6.45) is 0.997. The molecular formula is C9H13F2N3O2S. The van der Waals surface area contributed by atoms with Gasteiger partial charge in [-0.2, -0.15) is 0 Å². The van der Waals surface area contributed by atoms with Crippen LogP contribution >= 0.6 is 0 Å². The molecule has 0 spiro atoms. The second-order valence-electron chi connectivity index (χ2n) is 3.45. The number of hydrogen-bond donors (Lipinski definition) is 3. The molecular weight excluding hydrogens is 252 g/mol. The molecule has 0 unspecified atom stereocenters. The maximum absolute atomic E-state index is 13.3. The highest BCUT2D eigenvalue weighted by Crippen LogP contribution is 2.21. The Labute approximate surface area is 98.1 Å². The topological polar surface area (TPSA) is 84.2 Å². The van der Waals surface area contributed by atoms with Gasteiger partial charge in [0.15, 0.2) is 11.6 Å². The van der Waals surface area contributed by atoms with Gasteiger partial charge in [-0.1, -0.05) is 0 Å². The normalized spacial score (nSPS) is 11.5. The Hall–Kier alpha value is -1.41. The van der Waals surface area contributed by atoms with Crippen LogP contribution in [0.4, 0.5) is 20.2 Å². The summed E-state index contributed by atoms with van der Waals surface area (Å²) in [5, 5.41) is 2.45. The van der Waals surface area contributed by atoms with Gasteiger partial charge in [0.2, 0.25) is 10.0 Å². The van der Waals surface area contributed by atoms with Gasteiger partial charge in [0.05, 0.1) is 6.26 Å². The molecule has 1 aromatic carbocycles. The summed E-state index contributed by atoms with van der Waals surface area (Å²) in [6.45, 7) is 0.0902. The van der Waals surface area contributed by atoms with Crippen molar-refractivity contribution in [2.45, 2.75) is 0 Å². The third-order valence-corrected chi connectivity index (χ3v) is 2.58. The third-order valence-electron chi connectivity index (χ3n) is 1.86. The molecule has 0 saturated heterocycles. The van der Waals surface area contributed by atoms with Gasteiger partial charge in [-0.05, 0) is 12.1 Å². The van der Waals surface area contributed by atoms with E-state index in [2.05, 4.69) is 10.0 Å². The van der Waals surface area contributed by atoms with Gasteiger partial charge >= 0.3 is 0 Å². The van der Waals surface area contributed by atoms with E-state index in [4.69, 9.17) is 5.73 Å². The van der Waals surface area contributed by atoms with Crippen molar-refractivity contribution >= 4 is 21.4 Å². The number of anilines is 2. The molecule has 1 rings (SSSR count). The zero-order valence-electron chi connectivity index (χ0n) is 9.13. The molecule has 0 aliphatic rings. The predicted molar refractivity (Wildman–Crippen MR) is 62.1 cm³/mol. The molecule has 0 amide bonds. The van der Waals surface area contributed by atoms with Gasteiger partial charge in [0, 0.05) is 18.8 Å². The first kappa shape index (κ1) is 13.7. The maximum atomic E-state index is 13.3. The molecule has 0 aliphatic heterocycles. The lowest BCUT2D eigenvalue weighted by Crippen LogP contribution is -2.28. The molecule has 17 heavy (non-hydrogen) atoms. The lowest BCUT2D eigenvalue weighted by atomic mass is 10.2. The van der Waals surface area contributed by atoms with Crippen molar-refractivity contribution in [2.75, 3.05) is 30.4 Å². The van der Waals surface area contributed by atoms with Crippen LogP contribution in [0.5, 0.6) is 0 Å². The maximum Gasteiger partial charge on any atom is 0.208 e. The molecule has 0 bridgehead atoms. The predicted octanol–water partition coefficient (Wildman–Crippen LogP) is 0.508. The van der Waals surface area contributed by atoms with Crippen LogP contribution < -0.4 is 15.8 Å². The number of nitrogens with one attached hydrogen (secondary N) is 2. The Balaban J connectivity index is 2.58. The van der Waals surface area contributed by atoms with Crippen molar-refractivity contribution in [3.05, 3.63) is 23.8 Å². The van der Waals surface area contributed by atoms with Crippen LogP contribution in [-0.2, 0) is 10.0 Å². The van der Waals surface area contributed by atoms with Crippen LogP contribution in [0.2, 0.25) is 0 Å². The minimum Gasteiger partial charge on any atom is -0.399 e. The molecule has 1 aromatic rings. The average Bonchev–Trinajstić information content (AvgIpc) is 2.13. The smallest absolute Gasteiger partial charge is 0.208 e. The highest BCUT2D eigenvalue weighted by Gasteiger charge is 2.09. The van der Waals surface area contributed by atoms with Gasteiger partial charge in [-0.25, -0.2) is 21.9 Å². The number of halogens is 2. The van der Waals surface area contributed by atoms with Crippen LogP contribution in [0.3, 0.4) is 0 Å². The summed E-state index contributed by atoms with van der Waals surface area (Å²) < 4.78 is 50.1. The van der Waals surface area contributed by atoms with Gasteiger partial charge in [-0.3, -0.25) is 0 Å². The van der Waals surface area contributed by atoms with Crippen molar-refractivity contribution < 1.29 is 17.2 Å². The van der Waals surface area contributed by atoms with Gasteiger partial charge < -0.3 is 11.1 Å². The highest BCUT2D eigenvalue weighted by atomic mass is 32.2. The van der Waals surface area contributed by atoms with Crippen molar-refractivity contribution in [2.24, 2.45) is 0 Å². The fourth-order valence-electron chi connectivity index (χ4n) is 1.19. The van der Waals surface area contributed by atoms with Crippen molar-refractivity contribution in [3.8, 4) is 0 Å². The standard InChI is InChI=1S/C9H13F2N3O2S/c1-17(15,16)14-3-2-13-9-7(10)4-6(12)5-8(9)11/h4-5,13-14H,2-3,12H2,1H3. The number of nitrogens with two attached hydrogens (primary N) is 1. The Morgan fingerprint density at radius 2 is 1.76 bits per heavy atom. The first-order valence-electron chi connectivity index (χ1n) is 4.72. The minimum atomic E-state index is -3.30. The summed E-state index contributed by atoms with van der Waals surface area (Å²) in [6, 6.07) is 1.96. The van der Waals surface area contributed by atoms with E-state index in [1.807, 2.05) is 0 Å². The van der Waals surface area contributed by atoms with Crippen LogP contribution in [0.25, 0.3) is 0 Å². The van der Waals surface area contributed by atoms with Crippen molar-refractivity contribution in [3.63, 3.8) is 0 Å². The fourth-order valence-corrected chi connectivity index (χ4v) is 1.66. The molecule has 8 heteroatoms. The second-order valence-corrected chi connectivity index (χ2v) is 5.29. The molecule has 0 radical (unpaired) electrons. The van der Waals surface area contributed by atoms with E-state index in [-0.39, 0.29) is 24.5 Å². The van der Waals surface area contributed by atoms with E-state index >= 15 is 0 Å². The summed E-state index contributed by atoms with van der Waals surface area (Å²) >= 11 is 0. The Morgan fingerprint density at radius 1 is 1.24 bits per heavy atom. The van der Waals surface area contributed by atoms with Crippen molar-refractivity contribution in [1.82, 2.24) is 4.72 Å².